The summed E-state index contributed by atoms with van der Waals surface area (Å²) in [6.07, 6.45) is 3.75. The van der Waals surface area contributed by atoms with Crippen LogP contribution in [-0.2, 0) is 0 Å². The highest BCUT2D eigenvalue weighted by atomic mass is 15.1. The summed E-state index contributed by atoms with van der Waals surface area (Å²) in [5.41, 5.74) is 6.98. The summed E-state index contributed by atoms with van der Waals surface area (Å²) in [6.45, 7) is 8.04. The fourth-order valence-electron chi connectivity index (χ4n) is 1.12. The van der Waals surface area contributed by atoms with E-state index in [1.165, 1.54) is 5.56 Å². The molecule has 0 radical (unpaired) electrons. The molecule has 4 nitrogen and oxygen atoms in total. The molecule has 0 aliphatic rings. The molecule has 0 aromatic carbocycles. The van der Waals surface area contributed by atoms with Gasteiger partial charge < -0.3 is 11.1 Å². The standard InChI is InChI=1S/C10H20N4/c1-8(9-4-13-14-5-9)12-7-10(2,3)6-11/h4-5,8,12H,6-7,11H2,1-3H3,(H,13,14). The van der Waals surface area contributed by atoms with Gasteiger partial charge in [-0.2, -0.15) is 5.10 Å². The molecule has 0 saturated heterocycles. The van der Waals surface area contributed by atoms with Gasteiger partial charge in [-0.15, -0.1) is 0 Å². The maximum atomic E-state index is 5.65. The monoisotopic (exact) mass is 196 g/mol. The zero-order valence-corrected chi connectivity index (χ0v) is 9.17. The Morgan fingerprint density at radius 1 is 1.64 bits per heavy atom. The van der Waals surface area contributed by atoms with Crippen molar-refractivity contribution in [3.63, 3.8) is 0 Å². The molecular weight excluding hydrogens is 176 g/mol. The second-order valence-electron chi connectivity index (χ2n) is 4.50. The van der Waals surface area contributed by atoms with Crippen molar-refractivity contribution in [2.75, 3.05) is 13.1 Å². The second kappa shape index (κ2) is 4.57. The van der Waals surface area contributed by atoms with Crippen molar-refractivity contribution in [3.05, 3.63) is 18.0 Å². The number of nitrogens with two attached hydrogens (primary N) is 1. The fraction of sp³-hybridized carbons (Fsp3) is 0.700. The molecule has 0 aliphatic carbocycles. The lowest BCUT2D eigenvalue weighted by atomic mass is 9.93. The lowest BCUT2D eigenvalue weighted by molar-refractivity contribution is 0.335. The van der Waals surface area contributed by atoms with Crippen molar-refractivity contribution in [2.24, 2.45) is 11.1 Å². The zero-order valence-electron chi connectivity index (χ0n) is 9.17. The molecule has 1 unspecified atom stereocenters. The van der Waals surface area contributed by atoms with Gasteiger partial charge >= 0.3 is 0 Å². The second-order valence-corrected chi connectivity index (χ2v) is 4.50. The molecule has 4 N–H and O–H groups in total. The molecule has 1 heterocycles. The summed E-state index contributed by atoms with van der Waals surface area (Å²) in [5, 5.41) is 10.2. The highest BCUT2D eigenvalue weighted by Gasteiger charge is 2.16. The predicted molar refractivity (Wildman–Crippen MR) is 57.8 cm³/mol. The normalized spacial score (nSPS) is 14.3. The van der Waals surface area contributed by atoms with E-state index in [-0.39, 0.29) is 5.41 Å². The number of aromatic nitrogens is 2. The van der Waals surface area contributed by atoms with Crippen LogP contribution in [0.5, 0.6) is 0 Å². The van der Waals surface area contributed by atoms with Crippen molar-refractivity contribution >= 4 is 0 Å². The van der Waals surface area contributed by atoms with Crippen LogP contribution in [-0.4, -0.2) is 23.3 Å². The number of hydrogen-bond donors (Lipinski definition) is 3. The van der Waals surface area contributed by atoms with Crippen LogP contribution >= 0.6 is 0 Å². The Morgan fingerprint density at radius 3 is 2.86 bits per heavy atom. The maximum Gasteiger partial charge on any atom is 0.0534 e. The molecule has 1 aromatic heterocycles. The van der Waals surface area contributed by atoms with Crippen LogP contribution < -0.4 is 11.1 Å². The molecular formula is C10H20N4. The molecule has 0 fully saturated rings. The molecule has 0 aliphatic heterocycles. The smallest absolute Gasteiger partial charge is 0.0534 e. The maximum absolute atomic E-state index is 5.65. The SMILES string of the molecule is CC(NCC(C)(C)CN)c1cn[nH]c1. The van der Waals surface area contributed by atoms with Crippen LogP contribution in [0.2, 0.25) is 0 Å². The van der Waals surface area contributed by atoms with Crippen LogP contribution in [0, 0.1) is 5.41 Å². The van der Waals surface area contributed by atoms with Gasteiger partial charge in [0.1, 0.15) is 0 Å². The lowest BCUT2D eigenvalue weighted by Crippen LogP contribution is -2.36. The lowest BCUT2D eigenvalue weighted by Gasteiger charge is -2.25. The first-order chi connectivity index (χ1) is 6.55. The van der Waals surface area contributed by atoms with Crippen LogP contribution in [0.25, 0.3) is 0 Å². The van der Waals surface area contributed by atoms with E-state index in [9.17, 15) is 0 Å². The van der Waals surface area contributed by atoms with E-state index in [2.05, 4.69) is 36.3 Å². The van der Waals surface area contributed by atoms with Gasteiger partial charge in [-0.1, -0.05) is 13.8 Å². The van der Waals surface area contributed by atoms with E-state index in [1.807, 2.05) is 12.4 Å². The minimum atomic E-state index is 0.151. The summed E-state index contributed by atoms with van der Waals surface area (Å²) < 4.78 is 0. The molecule has 1 aromatic rings. The summed E-state index contributed by atoms with van der Waals surface area (Å²) in [7, 11) is 0. The number of aromatic amines is 1. The summed E-state index contributed by atoms with van der Waals surface area (Å²) in [6, 6.07) is 0.319. The highest BCUT2D eigenvalue weighted by molar-refractivity contribution is 5.07. The number of rotatable bonds is 5. The molecule has 0 spiro atoms. The van der Waals surface area contributed by atoms with Gasteiger partial charge in [-0.3, -0.25) is 5.10 Å². The van der Waals surface area contributed by atoms with Gasteiger partial charge in [-0.25, -0.2) is 0 Å². The minimum absolute atomic E-state index is 0.151. The third-order valence-electron chi connectivity index (χ3n) is 2.46. The third kappa shape index (κ3) is 3.12. The van der Waals surface area contributed by atoms with Crippen molar-refractivity contribution in [1.82, 2.24) is 15.5 Å². The van der Waals surface area contributed by atoms with Crippen molar-refractivity contribution in [2.45, 2.75) is 26.8 Å². The first-order valence-electron chi connectivity index (χ1n) is 4.97. The average molecular weight is 196 g/mol. The van der Waals surface area contributed by atoms with E-state index in [0.717, 1.165) is 6.54 Å². The van der Waals surface area contributed by atoms with Crippen LogP contribution in [0.15, 0.2) is 12.4 Å². The van der Waals surface area contributed by atoms with Crippen molar-refractivity contribution in [1.29, 1.82) is 0 Å². The Bertz CT molecular complexity index is 253. The van der Waals surface area contributed by atoms with E-state index >= 15 is 0 Å². The number of nitrogens with one attached hydrogen (secondary N) is 2. The Kier molecular flexibility index (Phi) is 3.66. The minimum Gasteiger partial charge on any atom is -0.330 e. The molecule has 0 bridgehead atoms. The van der Waals surface area contributed by atoms with E-state index in [0.29, 0.717) is 12.6 Å². The van der Waals surface area contributed by atoms with E-state index < -0.39 is 0 Å². The Morgan fingerprint density at radius 2 is 2.36 bits per heavy atom. The van der Waals surface area contributed by atoms with Gasteiger partial charge in [0.05, 0.1) is 6.20 Å². The predicted octanol–water partition coefficient (Wildman–Crippen LogP) is 1.05. The Hall–Kier alpha value is -0.870. The van der Waals surface area contributed by atoms with E-state index in [1.54, 1.807) is 0 Å². The van der Waals surface area contributed by atoms with Crippen LogP contribution in [0.1, 0.15) is 32.4 Å². The Balaban J connectivity index is 2.39. The van der Waals surface area contributed by atoms with Gasteiger partial charge in [0.2, 0.25) is 0 Å². The molecule has 14 heavy (non-hydrogen) atoms. The summed E-state index contributed by atoms with van der Waals surface area (Å²) >= 11 is 0. The van der Waals surface area contributed by atoms with Gasteiger partial charge in [0.25, 0.3) is 0 Å². The first kappa shape index (κ1) is 11.2. The third-order valence-corrected chi connectivity index (χ3v) is 2.46. The quantitative estimate of drug-likeness (QED) is 0.659. The average Bonchev–Trinajstić information content (AvgIpc) is 2.67. The summed E-state index contributed by atoms with van der Waals surface area (Å²) in [5.74, 6) is 0. The topological polar surface area (TPSA) is 66.7 Å². The van der Waals surface area contributed by atoms with Crippen molar-refractivity contribution < 1.29 is 0 Å². The van der Waals surface area contributed by atoms with Gasteiger partial charge in [-0.05, 0) is 18.9 Å². The van der Waals surface area contributed by atoms with Gasteiger partial charge in [0.15, 0.2) is 0 Å². The molecule has 0 saturated carbocycles. The van der Waals surface area contributed by atoms with Crippen LogP contribution in [0.3, 0.4) is 0 Å². The number of nitrogens with zero attached hydrogens (tertiary/aromatic N) is 1. The Labute approximate surface area is 85.3 Å². The van der Waals surface area contributed by atoms with Crippen molar-refractivity contribution in [3.8, 4) is 0 Å². The molecule has 0 amide bonds. The van der Waals surface area contributed by atoms with Crippen LogP contribution in [0.4, 0.5) is 0 Å². The fourth-order valence-corrected chi connectivity index (χ4v) is 1.12. The molecule has 4 heteroatoms. The summed E-state index contributed by atoms with van der Waals surface area (Å²) in [4.78, 5) is 0. The number of H-pyrrole nitrogens is 1. The zero-order chi connectivity index (χ0) is 10.6. The number of hydrogen-bond acceptors (Lipinski definition) is 3. The molecule has 1 rings (SSSR count). The molecule has 80 valence electrons. The largest absolute Gasteiger partial charge is 0.330 e. The first-order valence-corrected chi connectivity index (χ1v) is 4.97. The van der Waals surface area contributed by atoms with Gasteiger partial charge in [0, 0.05) is 24.3 Å². The van der Waals surface area contributed by atoms with E-state index in [4.69, 9.17) is 5.73 Å². The highest BCUT2D eigenvalue weighted by Crippen LogP contribution is 2.14. The molecule has 1 atom stereocenters.